The number of carboxylic acids is 1. The van der Waals surface area contributed by atoms with Crippen molar-refractivity contribution in [1.29, 1.82) is 0 Å². The number of aryl methyl sites for hydroxylation is 1. The van der Waals surface area contributed by atoms with Gasteiger partial charge in [0.25, 0.3) is 0 Å². The Morgan fingerprint density at radius 3 is 2.52 bits per heavy atom. The molecule has 0 spiro atoms. The maximum Gasteiger partial charge on any atom is 0.354 e. The average Bonchev–Trinajstić information content (AvgIpc) is 3.09. The molecule has 0 unspecified atom stereocenters. The highest BCUT2D eigenvalue weighted by atomic mass is 79.9. The minimum atomic E-state index is -1.07. The summed E-state index contributed by atoms with van der Waals surface area (Å²) in [5.74, 6) is -2.04. The van der Waals surface area contributed by atoms with Gasteiger partial charge in [0.2, 0.25) is 0 Å². The molecule has 1 aromatic heterocycles. The van der Waals surface area contributed by atoms with Crippen molar-refractivity contribution in [3.05, 3.63) is 57.2 Å². The van der Waals surface area contributed by atoms with Gasteiger partial charge in [0, 0.05) is 16.7 Å². The summed E-state index contributed by atoms with van der Waals surface area (Å²) in [6, 6.07) is 5.98. The van der Waals surface area contributed by atoms with Crippen molar-refractivity contribution in [3.63, 3.8) is 0 Å². The van der Waals surface area contributed by atoms with Crippen molar-refractivity contribution >= 4 is 21.9 Å². The molecule has 0 atom stereocenters. The Balaban J connectivity index is 1.94. The summed E-state index contributed by atoms with van der Waals surface area (Å²) >= 11 is 2.87. The minimum Gasteiger partial charge on any atom is -0.496 e. The van der Waals surface area contributed by atoms with E-state index in [1.165, 1.54) is 19.2 Å². The second kappa shape index (κ2) is 6.45. The zero-order chi connectivity index (χ0) is 19.3. The third-order valence-corrected chi connectivity index (χ3v) is 5.46. The van der Waals surface area contributed by atoms with Gasteiger partial charge in [0.1, 0.15) is 23.1 Å². The monoisotopic (exact) mass is 434 g/mol. The van der Waals surface area contributed by atoms with Gasteiger partial charge in [-0.1, -0.05) is 0 Å². The van der Waals surface area contributed by atoms with E-state index in [4.69, 9.17) is 4.74 Å². The number of aromatic amines is 1. The van der Waals surface area contributed by atoms with Crippen LogP contribution in [0.15, 0.2) is 28.7 Å². The highest BCUT2D eigenvalue weighted by Gasteiger charge is 2.27. The van der Waals surface area contributed by atoms with Crippen LogP contribution in [-0.2, 0) is 12.8 Å². The number of rotatable bonds is 3. The molecule has 3 aromatic rings. The molecule has 0 bridgehead atoms. The lowest BCUT2D eigenvalue weighted by molar-refractivity contribution is 0.0689. The Bertz CT molecular complexity index is 1070. The number of ether oxygens (including phenoxy) is 1. The minimum absolute atomic E-state index is 0.0637. The zero-order valence-electron chi connectivity index (χ0n) is 14.1. The number of nitrogens with one attached hydrogen (secondary N) is 1. The standard InChI is InChI=1S/C19H13BrF2N2O3/c1-27-15-6-8-2-3-10-17(23-24-18(10)19(25)26)12(8)7-11(15)9-4-13(21)16(20)14(22)5-9/h4-7H,2-3H2,1H3,(H,23,24)(H,25,26). The molecule has 1 aliphatic carbocycles. The van der Waals surface area contributed by atoms with E-state index in [2.05, 4.69) is 26.1 Å². The van der Waals surface area contributed by atoms with E-state index in [1.807, 2.05) is 0 Å². The van der Waals surface area contributed by atoms with E-state index < -0.39 is 17.6 Å². The molecule has 0 aliphatic heterocycles. The second-order valence-corrected chi connectivity index (χ2v) is 6.99. The first kappa shape index (κ1) is 17.7. The van der Waals surface area contributed by atoms with Crippen molar-refractivity contribution in [2.24, 2.45) is 0 Å². The highest BCUT2D eigenvalue weighted by molar-refractivity contribution is 9.10. The molecule has 0 amide bonds. The van der Waals surface area contributed by atoms with Crippen molar-refractivity contribution in [1.82, 2.24) is 10.2 Å². The maximum atomic E-state index is 14.0. The predicted molar refractivity (Wildman–Crippen MR) is 98.0 cm³/mol. The molecule has 0 fully saturated rings. The van der Waals surface area contributed by atoms with E-state index in [9.17, 15) is 18.7 Å². The number of hydrogen-bond acceptors (Lipinski definition) is 3. The molecule has 0 saturated carbocycles. The Labute approximate surface area is 161 Å². The van der Waals surface area contributed by atoms with Gasteiger partial charge in [-0.3, -0.25) is 5.10 Å². The summed E-state index contributed by atoms with van der Waals surface area (Å²) < 4.78 is 33.2. The van der Waals surface area contributed by atoms with Crippen LogP contribution in [0.2, 0.25) is 0 Å². The van der Waals surface area contributed by atoms with Crippen LogP contribution in [0.3, 0.4) is 0 Å². The second-order valence-electron chi connectivity index (χ2n) is 6.19. The maximum absolute atomic E-state index is 14.0. The van der Waals surface area contributed by atoms with Gasteiger partial charge in [0.15, 0.2) is 0 Å². The SMILES string of the molecule is COc1cc2c(cc1-c1cc(F)c(Br)c(F)c1)-c1n[nH]c(C(=O)O)c1CC2. The largest absolute Gasteiger partial charge is 0.496 e. The molecule has 0 saturated heterocycles. The van der Waals surface area contributed by atoms with Crippen LogP contribution >= 0.6 is 15.9 Å². The van der Waals surface area contributed by atoms with Gasteiger partial charge >= 0.3 is 5.97 Å². The van der Waals surface area contributed by atoms with Crippen LogP contribution < -0.4 is 4.74 Å². The molecule has 5 nitrogen and oxygen atoms in total. The van der Waals surface area contributed by atoms with E-state index in [0.29, 0.717) is 41.0 Å². The van der Waals surface area contributed by atoms with Gasteiger partial charge in [-0.05, 0) is 64.2 Å². The topological polar surface area (TPSA) is 75.2 Å². The van der Waals surface area contributed by atoms with Crippen LogP contribution in [0.5, 0.6) is 5.75 Å². The van der Waals surface area contributed by atoms with Crippen LogP contribution in [0, 0.1) is 11.6 Å². The fourth-order valence-corrected chi connectivity index (χ4v) is 3.65. The smallest absolute Gasteiger partial charge is 0.354 e. The quantitative estimate of drug-likeness (QED) is 0.591. The van der Waals surface area contributed by atoms with Crippen molar-refractivity contribution < 1.29 is 23.4 Å². The van der Waals surface area contributed by atoms with E-state index in [-0.39, 0.29) is 10.2 Å². The van der Waals surface area contributed by atoms with E-state index in [1.54, 1.807) is 12.1 Å². The summed E-state index contributed by atoms with van der Waals surface area (Å²) in [4.78, 5) is 11.4. The van der Waals surface area contributed by atoms with Crippen LogP contribution in [0.25, 0.3) is 22.4 Å². The molecule has 1 aliphatic rings. The molecule has 0 radical (unpaired) electrons. The average molecular weight is 435 g/mol. The summed E-state index contributed by atoms with van der Waals surface area (Å²) in [5.41, 5.74) is 3.69. The third kappa shape index (κ3) is 2.80. The summed E-state index contributed by atoms with van der Waals surface area (Å²) in [5, 5.41) is 16.0. The Morgan fingerprint density at radius 2 is 1.89 bits per heavy atom. The molecule has 2 N–H and O–H groups in total. The van der Waals surface area contributed by atoms with E-state index >= 15 is 0 Å². The molecule has 1 heterocycles. The van der Waals surface area contributed by atoms with Crippen molar-refractivity contribution in [2.75, 3.05) is 7.11 Å². The zero-order valence-corrected chi connectivity index (χ0v) is 15.7. The van der Waals surface area contributed by atoms with Gasteiger partial charge in [-0.15, -0.1) is 0 Å². The Hall–Kier alpha value is -2.74. The number of nitrogens with zero attached hydrogens (tertiary/aromatic N) is 1. The number of benzene rings is 2. The number of carboxylic acid groups (broad SMARTS) is 1. The molecule has 27 heavy (non-hydrogen) atoms. The molecule has 2 aromatic carbocycles. The fraction of sp³-hybridized carbons (Fsp3) is 0.158. The number of aromatic carboxylic acids is 1. The number of aromatic nitrogens is 2. The number of hydrogen-bond donors (Lipinski definition) is 2. The molecular formula is C19H13BrF2N2O3. The first-order valence-electron chi connectivity index (χ1n) is 8.07. The van der Waals surface area contributed by atoms with Crippen LogP contribution in [-0.4, -0.2) is 28.4 Å². The predicted octanol–water partition coefficient (Wildman–Crippen LogP) is 4.59. The van der Waals surface area contributed by atoms with Gasteiger partial charge in [0.05, 0.1) is 17.3 Å². The van der Waals surface area contributed by atoms with E-state index in [0.717, 1.165) is 11.1 Å². The number of H-pyrrole nitrogens is 1. The van der Waals surface area contributed by atoms with Gasteiger partial charge < -0.3 is 9.84 Å². The van der Waals surface area contributed by atoms with Gasteiger partial charge in [-0.25, -0.2) is 13.6 Å². The van der Waals surface area contributed by atoms with Crippen molar-refractivity contribution in [2.45, 2.75) is 12.8 Å². The first-order valence-corrected chi connectivity index (χ1v) is 8.86. The number of fused-ring (bicyclic) bond motifs is 3. The lowest BCUT2D eigenvalue weighted by atomic mass is 9.86. The molecular weight excluding hydrogens is 422 g/mol. The molecule has 4 rings (SSSR count). The van der Waals surface area contributed by atoms with Gasteiger partial charge in [-0.2, -0.15) is 5.10 Å². The Kier molecular flexibility index (Phi) is 4.22. The molecule has 138 valence electrons. The third-order valence-electron chi connectivity index (χ3n) is 4.70. The van der Waals surface area contributed by atoms with Crippen LogP contribution in [0.4, 0.5) is 8.78 Å². The Morgan fingerprint density at radius 1 is 1.19 bits per heavy atom. The summed E-state index contributed by atoms with van der Waals surface area (Å²) in [6.45, 7) is 0. The van der Waals surface area contributed by atoms with Crippen LogP contribution in [0.1, 0.15) is 21.6 Å². The first-order chi connectivity index (χ1) is 12.9. The number of halogens is 3. The fourth-order valence-electron chi connectivity index (χ4n) is 3.42. The molecule has 8 heteroatoms. The highest BCUT2D eigenvalue weighted by Crippen LogP contribution is 2.41. The summed E-state index contributed by atoms with van der Waals surface area (Å²) in [6.07, 6.45) is 1.15. The summed E-state index contributed by atoms with van der Waals surface area (Å²) in [7, 11) is 1.49. The number of carbonyl (C=O) groups is 1. The number of methoxy groups -OCH3 is 1. The lowest BCUT2D eigenvalue weighted by Gasteiger charge is -2.19. The lowest BCUT2D eigenvalue weighted by Crippen LogP contribution is -2.08. The van der Waals surface area contributed by atoms with Crippen molar-refractivity contribution in [3.8, 4) is 28.1 Å². The normalized spacial score (nSPS) is 12.4.